The van der Waals surface area contributed by atoms with Crippen molar-refractivity contribution in [1.29, 1.82) is 0 Å². The second-order valence-electron chi connectivity index (χ2n) is 6.23. The zero-order chi connectivity index (χ0) is 18.1. The molecule has 2 atom stereocenters. The van der Waals surface area contributed by atoms with Crippen LogP contribution in [0.5, 0.6) is 0 Å². The molecule has 0 saturated carbocycles. The van der Waals surface area contributed by atoms with Crippen LogP contribution in [0.1, 0.15) is 24.2 Å². The fraction of sp³-hybridized carbons (Fsp3) is 0.368. The molecule has 25 heavy (non-hydrogen) atoms. The minimum atomic E-state index is -0.746. The highest BCUT2D eigenvalue weighted by atomic mass is 16.3. The van der Waals surface area contributed by atoms with Gasteiger partial charge in [-0.05, 0) is 37.2 Å². The summed E-state index contributed by atoms with van der Waals surface area (Å²) < 4.78 is 0. The lowest BCUT2D eigenvalue weighted by Gasteiger charge is -2.22. The van der Waals surface area contributed by atoms with Crippen LogP contribution in [-0.4, -0.2) is 47.2 Å². The van der Waals surface area contributed by atoms with Gasteiger partial charge in [-0.15, -0.1) is 0 Å². The summed E-state index contributed by atoms with van der Waals surface area (Å²) in [7, 11) is 2.02. The van der Waals surface area contributed by atoms with Gasteiger partial charge in [-0.1, -0.05) is 30.3 Å². The highest BCUT2D eigenvalue weighted by molar-refractivity contribution is 5.74. The van der Waals surface area contributed by atoms with Crippen molar-refractivity contribution in [2.24, 2.45) is 0 Å². The Kier molecular flexibility index (Phi) is 7.37. The summed E-state index contributed by atoms with van der Waals surface area (Å²) in [5.74, 6) is 0. The van der Waals surface area contributed by atoms with E-state index in [0.717, 1.165) is 18.7 Å². The van der Waals surface area contributed by atoms with Crippen LogP contribution >= 0.6 is 0 Å². The number of aliphatic hydroxyl groups excluding tert-OH is 1. The van der Waals surface area contributed by atoms with Crippen molar-refractivity contribution >= 4 is 6.03 Å². The van der Waals surface area contributed by atoms with Crippen molar-refractivity contribution in [2.75, 3.05) is 20.1 Å². The van der Waals surface area contributed by atoms with E-state index in [1.54, 1.807) is 24.5 Å². The molecule has 0 aliphatic carbocycles. The van der Waals surface area contributed by atoms with Gasteiger partial charge in [-0.25, -0.2) is 4.79 Å². The Bertz CT molecular complexity index is 636. The number of likely N-dealkylation sites (N-methyl/N-ethyl adjacent to an activating group) is 1. The normalized spacial score (nSPS) is 13.3. The molecule has 134 valence electrons. The fourth-order valence-corrected chi connectivity index (χ4v) is 2.64. The molecule has 2 aromatic rings. The van der Waals surface area contributed by atoms with E-state index < -0.39 is 6.10 Å². The molecule has 0 aliphatic heterocycles. The number of nitrogens with one attached hydrogen (secondary N) is 2. The lowest BCUT2D eigenvalue weighted by molar-refractivity contribution is 0.172. The smallest absolute Gasteiger partial charge is 0.315 e. The number of rotatable bonds is 8. The van der Waals surface area contributed by atoms with E-state index in [2.05, 4.69) is 32.7 Å². The minimum absolute atomic E-state index is 0.00761. The van der Waals surface area contributed by atoms with Crippen LogP contribution in [0.25, 0.3) is 0 Å². The maximum absolute atomic E-state index is 12.0. The SMILES string of the molecule is CC(CN(C)Cc1ccccc1)NC(=O)NCC(O)c1ccncc1. The standard InChI is InChI=1S/C19H26N4O2/c1-15(13-23(2)14-16-6-4-3-5-7-16)22-19(25)21-12-18(24)17-8-10-20-11-9-17/h3-11,15,18,24H,12-14H2,1-2H3,(H2,21,22,25). The van der Waals surface area contributed by atoms with Gasteiger partial charge in [0.05, 0.1) is 6.10 Å². The van der Waals surface area contributed by atoms with Crippen molar-refractivity contribution in [3.05, 3.63) is 66.0 Å². The van der Waals surface area contributed by atoms with Crippen LogP contribution in [0.3, 0.4) is 0 Å². The maximum Gasteiger partial charge on any atom is 0.315 e. The number of amides is 2. The first kappa shape index (κ1) is 18.9. The number of hydrogen-bond acceptors (Lipinski definition) is 4. The van der Waals surface area contributed by atoms with Gasteiger partial charge < -0.3 is 20.6 Å². The second-order valence-corrected chi connectivity index (χ2v) is 6.23. The third-order valence-corrected chi connectivity index (χ3v) is 3.81. The number of carbonyl (C=O) groups is 1. The van der Waals surface area contributed by atoms with Crippen molar-refractivity contribution < 1.29 is 9.90 Å². The van der Waals surface area contributed by atoms with E-state index in [4.69, 9.17) is 0 Å². The lowest BCUT2D eigenvalue weighted by Crippen LogP contribution is -2.46. The van der Waals surface area contributed by atoms with Crippen LogP contribution < -0.4 is 10.6 Å². The molecule has 0 aliphatic rings. The van der Waals surface area contributed by atoms with Crippen molar-refractivity contribution in [1.82, 2.24) is 20.5 Å². The number of urea groups is 1. The van der Waals surface area contributed by atoms with E-state index >= 15 is 0 Å². The van der Waals surface area contributed by atoms with Crippen molar-refractivity contribution in [2.45, 2.75) is 25.6 Å². The Balaban J connectivity index is 1.69. The first-order valence-electron chi connectivity index (χ1n) is 8.39. The van der Waals surface area contributed by atoms with Gasteiger partial charge in [0.25, 0.3) is 0 Å². The lowest BCUT2D eigenvalue weighted by atomic mass is 10.1. The third-order valence-electron chi connectivity index (χ3n) is 3.81. The van der Waals surface area contributed by atoms with Gasteiger partial charge >= 0.3 is 6.03 Å². The quantitative estimate of drug-likeness (QED) is 0.685. The van der Waals surface area contributed by atoms with Gasteiger partial charge in [-0.2, -0.15) is 0 Å². The molecule has 2 amide bonds. The number of pyridine rings is 1. The van der Waals surface area contributed by atoms with E-state index in [1.807, 2.05) is 32.2 Å². The Morgan fingerprint density at radius 2 is 1.88 bits per heavy atom. The fourth-order valence-electron chi connectivity index (χ4n) is 2.64. The molecule has 0 radical (unpaired) electrons. The highest BCUT2D eigenvalue weighted by Crippen LogP contribution is 2.09. The summed E-state index contributed by atoms with van der Waals surface area (Å²) in [6.07, 6.45) is 2.48. The molecule has 2 rings (SSSR count). The van der Waals surface area contributed by atoms with Gasteiger partial charge in [-0.3, -0.25) is 4.98 Å². The molecule has 3 N–H and O–H groups in total. The summed E-state index contributed by atoms with van der Waals surface area (Å²) in [6.45, 7) is 3.67. The zero-order valence-corrected chi connectivity index (χ0v) is 14.7. The first-order chi connectivity index (χ1) is 12.0. The van der Waals surface area contributed by atoms with E-state index in [0.29, 0.717) is 0 Å². The van der Waals surface area contributed by atoms with Crippen LogP contribution in [-0.2, 0) is 6.54 Å². The zero-order valence-electron chi connectivity index (χ0n) is 14.7. The molecule has 1 heterocycles. The van der Waals surface area contributed by atoms with Crippen LogP contribution in [0.2, 0.25) is 0 Å². The molecule has 2 unspecified atom stereocenters. The molecule has 0 bridgehead atoms. The predicted molar refractivity (Wildman–Crippen MR) is 98.0 cm³/mol. The number of hydrogen-bond donors (Lipinski definition) is 3. The Morgan fingerprint density at radius 1 is 1.20 bits per heavy atom. The Morgan fingerprint density at radius 3 is 2.56 bits per heavy atom. The maximum atomic E-state index is 12.0. The summed E-state index contributed by atoms with van der Waals surface area (Å²) in [6, 6.07) is 13.4. The average molecular weight is 342 g/mol. The van der Waals surface area contributed by atoms with Crippen LogP contribution in [0.15, 0.2) is 54.9 Å². The van der Waals surface area contributed by atoms with Gasteiger partial charge in [0.15, 0.2) is 0 Å². The number of benzene rings is 1. The summed E-state index contributed by atoms with van der Waals surface area (Å²) in [4.78, 5) is 18.0. The molecule has 1 aromatic carbocycles. The molecule has 0 saturated heterocycles. The van der Waals surface area contributed by atoms with Crippen LogP contribution in [0.4, 0.5) is 4.79 Å². The summed E-state index contributed by atoms with van der Waals surface area (Å²) >= 11 is 0. The second kappa shape index (κ2) is 9.76. The van der Waals surface area contributed by atoms with Gasteiger partial charge in [0, 0.05) is 38.1 Å². The molecule has 6 heteroatoms. The first-order valence-corrected chi connectivity index (χ1v) is 8.39. The summed E-state index contributed by atoms with van der Waals surface area (Å²) in [5.41, 5.74) is 1.97. The molecule has 0 spiro atoms. The van der Waals surface area contributed by atoms with Crippen molar-refractivity contribution in [3.63, 3.8) is 0 Å². The summed E-state index contributed by atoms with van der Waals surface area (Å²) in [5, 5.41) is 15.6. The molecule has 1 aromatic heterocycles. The minimum Gasteiger partial charge on any atom is -0.387 e. The number of aromatic nitrogens is 1. The van der Waals surface area contributed by atoms with Gasteiger partial charge in [0.2, 0.25) is 0 Å². The number of aliphatic hydroxyl groups is 1. The monoisotopic (exact) mass is 342 g/mol. The van der Waals surface area contributed by atoms with Crippen molar-refractivity contribution in [3.8, 4) is 0 Å². The molecular weight excluding hydrogens is 316 g/mol. The third kappa shape index (κ3) is 6.91. The van der Waals surface area contributed by atoms with E-state index in [-0.39, 0.29) is 18.6 Å². The molecule has 0 fully saturated rings. The predicted octanol–water partition coefficient (Wildman–Crippen LogP) is 1.93. The average Bonchev–Trinajstić information content (AvgIpc) is 2.61. The number of nitrogens with zero attached hydrogens (tertiary/aromatic N) is 2. The van der Waals surface area contributed by atoms with Crippen LogP contribution in [0, 0.1) is 0 Å². The topological polar surface area (TPSA) is 77.5 Å². The van der Waals surface area contributed by atoms with Gasteiger partial charge in [0.1, 0.15) is 0 Å². The van der Waals surface area contributed by atoms with E-state index in [1.165, 1.54) is 5.56 Å². The largest absolute Gasteiger partial charge is 0.387 e. The van der Waals surface area contributed by atoms with E-state index in [9.17, 15) is 9.90 Å². The Hall–Kier alpha value is -2.44. The molecular formula is C19H26N4O2. The Labute approximate surface area is 148 Å². The number of carbonyl (C=O) groups excluding carboxylic acids is 1. The molecule has 6 nitrogen and oxygen atoms in total. The highest BCUT2D eigenvalue weighted by Gasteiger charge is 2.12.